The minimum absolute atomic E-state index is 0.00148. The first-order valence-corrected chi connectivity index (χ1v) is 16.4. The van der Waals surface area contributed by atoms with Crippen molar-refractivity contribution in [3.05, 3.63) is 93.5 Å². The van der Waals surface area contributed by atoms with Crippen molar-refractivity contribution in [2.24, 2.45) is 0 Å². The van der Waals surface area contributed by atoms with E-state index in [4.69, 9.17) is 23.2 Å². The fraction of sp³-hybridized carbons (Fsp3) is 0.375. The van der Waals surface area contributed by atoms with Crippen LogP contribution in [-0.2, 0) is 26.2 Å². The highest BCUT2D eigenvalue weighted by atomic mass is 35.5. The van der Waals surface area contributed by atoms with Gasteiger partial charge in [-0.3, -0.25) is 13.9 Å². The van der Waals surface area contributed by atoms with Crippen LogP contribution in [0.3, 0.4) is 0 Å². The Labute approximate surface area is 258 Å². The van der Waals surface area contributed by atoms with Crippen LogP contribution >= 0.6 is 23.2 Å². The number of anilines is 1. The van der Waals surface area contributed by atoms with Crippen molar-refractivity contribution in [1.82, 2.24) is 10.2 Å². The van der Waals surface area contributed by atoms with Gasteiger partial charge in [-0.25, -0.2) is 8.42 Å². The van der Waals surface area contributed by atoms with Gasteiger partial charge in [0.2, 0.25) is 11.8 Å². The minimum atomic E-state index is -4.18. The molecule has 0 unspecified atom stereocenters. The summed E-state index contributed by atoms with van der Waals surface area (Å²) in [5.74, 6) is -0.762. The molecule has 10 heteroatoms. The Morgan fingerprint density at radius 2 is 1.62 bits per heavy atom. The highest BCUT2D eigenvalue weighted by molar-refractivity contribution is 7.92. The maximum Gasteiger partial charge on any atom is 0.264 e. The number of carbonyl (C=O) groups excluding carboxylic acids is 2. The Kier molecular flexibility index (Phi) is 10.6. The summed E-state index contributed by atoms with van der Waals surface area (Å²) in [7, 11) is -4.18. The predicted octanol–water partition coefficient (Wildman–Crippen LogP) is 6.67. The van der Waals surface area contributed by atoms with Crippen molar-refractivity contribution in [2.75, 3.05) is 10.8 Å². The molecule has 0 aromatic heterocycles. The number of hydrogen-bond donors (Lipinski definition) is 1. The third-order valence-corrected chi connectivity index (χ3v) is 10.3. The molecule has 0 heterocycles. The zero-order valence-corrected chi connectivity index (χ0v) is 26.5. The van der Waals surface area contributed by atoms with Crippen molar-refractivity contribution < 1.29 is 18.0 Å². The first kappa shape index (κ1) is 31.9. The lowest BCUT2D eigenvalue weighted by atomic mass is 10.1. The molecule has 7 nitrogen and oxygen atoms in total. The van der Waals surface area contributed by atoms with Crippen molar-refractivity contribution >= 4 is 50.7 Å². The molecule has 0 radical (unpaired) electrons. The SMILES string of the molecule is CC[C@H](C(=O)NC1CCCC1)N(Cc1ccccc1Cl)C(=O)CN(c1ccc(C)c(C)c1)S(=O)(=O)c1ccc(Cl)cc1. The number of rotatable bonds is 11. The number of nitrogens with zero attached hydrogens (tertiary/aromatic N) is 2. The van der Waals surface area contributed by atoms with E-state index in [0.29, 0.717) is 27.7 Å². The van der Waals surface area contributed by atoms with Crippen LogP contribution in [0.15, 0.2) is 71.6 Å². The minimum Gasteiger partial charge on any atom is -0.352 e. The summed E-state index contributed by atoms with van der Waals surface area (Å²) >= 11 is 12.5. The number of aryl methyl sites for hydroxylation is 2. The molecule has 224 valence electrons. The molecule has 3 aromatic rings. The van der Waals surface area contributed by atoms with Crippen molar-refractivity contribution in [3.8, 4) is 0 Å². The van der Waals surface area contributed by atoms with E-state index in [0.717, 1.165) is 41.1 Å². The van der Waals surface area contributed by atoms with Gasteiger partial charge < -0.3 is 10.2 Å². The van der Waals surface area contributed by atoms with Crippen molar-refractivity contribution in [2.45, 2.75) is 76.4 Å². The predicted molar refractivity (Wildman–Crippen MR) is 168 cm³/mol. The summed E-state index contributed by atoms with van der Waals surface area (Å²) in [6, 6.07) is 17.5. The second-order valence-electron chi connectivity index (χ2n) is 10.8. The molecule has 3 aromatic carbocycles. The molecular weight excluding hydrogens is 593 g/mol. The van der Waals surface area contributed by atoms with Crippen LogP contribution in [0.1, 0.15) is 55.7 Å². The lowest BCUT2D eigenvalue weighted by Crippen LogP contribution is -2.53. The third kappa shape index (κ3) is 7.46. The monoisotopic (exact) mass is 629 g/mol. The van der Waals surface area contributed by atoms with Crippen LogP contribution < -0.4 is 9.62 Å². The van der Waals surface area contributed by atoms with Crippen molar-refractivity contribution in [3.63, 3.8) is 0 Å². The average Bonchev–Trinajstić information content (AvgIpc) is 3.47. The maximum absolute atomic E-state index is 14.2. The zero-order chi connectivity index (χ0) is 30.4. The lowest BCUT2D eigenvalue weighted by molar-refractivity contribution is -0.140. The Bertz CT molecular complexity index is 1520. The van der Waals surface area contributed by atoms with E-state index in [9.17, 15) is 18.0 Å². The van der Waals surface area contributed by atoms with Gasteiger partial charge in [0.05, 0.1) is 10.6 Å². The summed E-state index contributed by atoms with van der Waals surface area (Å²) < 4.78 is 29.2. The molecule has 1 saturated carbocycles. The Balaban J connectivity index is 1.74. The van der Waals surface area contributed by atoms with Crippen molar-refractivity contribution in [1.29, 1.82) is 0 Å². The topological polar surface area (TPSA) is 86.8 Å². The van der Waals surface area contributed by atoms with Gasteiger partial charge in [0.25, 0.3) is 10.0 Å². The zero-order valence-electron chi connectivity index (χ0n) is 24.1. The Morgan fingerprint density at radius 3 is 2.24 bits per heavy atom. The Morgan fingerprint density at radius 1 is 0.952 bits per heavy atom. The number of hydrogen-bond acceptors (Lipinski definition) is 4. The highest BCUT2D eigenvalue weighted by Gasteiger charge is 2.35. The van der Waals surface area contributed by atoms with E-state index in [1.54, 1.807) is 30.3 Å². The van der Waals surface area contributed by atoms with Crippen LogP contribution in [0.4, 0.5) is 5.69 Å². The molecule has 4 rings (SSSR count). The standard InChI is InChI=1S/C32H37Cl2N3O4S/c1-4-30(32(39)35-26-10-6-7-11-26)36(20-24-9-5-8-12-29(24)34)31(38)21-37(27-16-13-22(2)23(3)19-27)42(40,41)28-17-14-25(33)15-18-28/h5,8-9,12-19,26,30H,4,6-7,10-11,20-21H2,1-3H3,(H,35,39)/t30-/m1/s1. The fourth-order valence-corrected chi connectivity index (χ4v) is 6.97. The van der Waals surface area contributed by atoms with Gasteiger partial charge in [-0.2, -0.15) is 0 Å². The van der Waals surface area contributed by atoms with E-state index in [1.165, 1.54) is 29.2 Å². The quantitative estimate of drug-likeness (QED) is 0.256. The number of amides is 2. The van der Waals surface area contributed by atoms with Gasteiger partial charge in [0, 0.05) is 22.6 Å². The Hall–Kier alpha value is -3.07. The van der Waals surface area contributed by atoms with Gasteiger partial charge >= 0.3 is 0 Å². The lowest BCUT2D eigenvalue weighted by Gasteiger charge is -2.34. The van der Waals surface area contributed by atoms with E-state index < -0.39 is 28.5 Å². The third-order valence-electron chi connectivity index (χ3n) is 7.84. The molecule has 1 aliphatic rings. The molecule has 1 N–H and O–H groups in total. The molecule has 0 saturated heterocycles. The van der Waals surface area contributed by atoms with Gasteiger partial charge in [-0.1, -0.05) is 67.2 Å². The molecule has 0 bridgehead atoms. The number of benzene rings is 3. The number of carbonyl (C=O) groups is 2. The van der Waals surface area contributed by atoms with Gasteiger partial charge in [-0.05, 0) is 92.3 Å². The van der Waals surface area contributed by atoms with Crippen LogP contribution in [0.2, 0.25) is 10.0 Å². The number of sulfonamides is 1. The molecule has 42 heavy (non-hydrogen) atoms. The van der Waals surface area contributed by atoms with E-state index in [2.05, 4.69) is 5.32 Å². The maximum atomic E-state index is 14.2. The average molecular weight is 631 g/mol. The molecule has 1 atom stereocenters. The molecule has 1 aliphatic carbocycles. The molecule has 0 spiro atoms. The van der Waals surface area contributed by atoms with Gasteiger partial charge in [-0.15, -0.1) is 0 Å². The summed E-state index contributed by atoms with van der Waals surface area (Å²) in [6.07, 6.45) is 4.26. The van der Waals surface area contributed by atoms with E-state index in [1.807, 2.05) is 32.9 Å². The molecule has 2 amide bonds. The summed E-state index contributed by atoms with van der Waals surface area (Å²) in [6.45, 7) is 5.21. The first-order chi connectivity index (χ1) is 20.0. The van der Waals surface area contributed by atoms with Crippen LogP contribution in [0, 0.1) is 13.8 Å². The summed E-state index contributed by atoms with van der Waals surface area (Å²) in [5.41, 5.74) is 2.89. The van der Waals surface area contributed by atoms with Crippen LogP contribution in [0.5, 0.6) is 0 Å². The first-order valence-electron chi connectivity index (χ1n) is 14.2. The van der Waals surface area contributed by atoms with Gasteiger partial charge in [0.15, 0.2) is 0 Å². The van der Waals surface area contributed by atoms with Crippen LogP contribution in [0.25, 0.3) is 0 Å². The second kappa shape index (κ2) is 13.9. The van der Waals surface area contributed by atoms with Crippen LogP contribution in [-0.4, -0.2) is 43.8 Å². The number of halogens is 2. The van der Waals surface area contributed by atoms with Gasteiger partial charge in [0.1, 0.15) is 12.6 Å². The molecular formula is C32H37Cl2N3O4S. The largest absolute Gasteiger partial charge is 0.352 e. The second-order valence-corrected chi connectivity index (χ2v) is 13.5. The smallest absolute Gasteiger partial charge is 0.264 e. The van der Waals surface area contributed by atoms with E-state index >= 15 is 0 Å². The molecule has 0 aliphatic heterocycles. The highest BCUT2D eigenvalue weighted by Crippen LogP contribution is 2.28. The summed E-state index contributed by atoms with van der Waals surface area (Å²) in [4.78, 5) is 29.3. The normalized spacial score (nSPS) is 14.4. The van der Waals surface area contributed by atoms with E-state index in [-0.39, 0.29) is 23.4 Å². The molecule has 1 fully saturated rings. The summed E-state index contributed by atoms with van der Waals surface area (Å²) in [5, 5.41) is 3.97. The fourth-order valence-electron chi connectivity index (χ4n) is 5.24. The number of nitrogens with one attached hydrogen (secondary N) is 1.